The molecule has 2 aromatic rings. The third kappa shape index (κ3) is 5.02. The van der Waals surface area contributed by atoms with Crippen LogP contribution < -0.4 is 10.6 Å². The van der Waals surface area contributed by atoms with Crippen molar-refractivity contribution in [1.82, 2.24) is 0 Å². The molecule has 2 rings (SSSR count). The lowest BCUT2D eigenvalue weighted by molar-refractivity contribution is -0.116. The fourth-order valence-electron chi connectivity index (χ4n) is 3.35. The molecule has 0 heterocycles. The molecule has 0 aliphatic heterocycles. The van der Waals surface area contributed by atoms with Gasteiger partial charge in [-0.15, -0.1) is 0 Å². The fraction of sp³-hybridized carbons (Fsp3) is 0.364. The number of carbonyl (C=O) groups excluding carboxylic acids is 2. The second-order valence-corrected chi connectivity index (χ2v) is 9.15. The minimum absolute atomic E-state index is 0.0718. The summed E-state index contributed by atoms with van der Waals surface area (Å²) in [4.78, 5) is 25.7. The van der Waals surface area contributed by atoms with Crippen LogP contribution in [0, 0.1) is 20.8 Å². The number of carbonyl (C=O) groups is 2. The van der Waals surface area contributed by atoms with E-state index in [4.69, 9.17) is 9.63 Å². The van der Waals surface area contributed by atoms with E-state index < -0.39 is 12.9 Å². The molecule has 0 radical (unpaired) electrons. The molecule has 0 bridgehead atoms. The minimum Gasteiger partial charge on any atom is -0.396 e. The molecule has 1 unspecified atom stereocenters. The molecule has 1 atom stereocenters. The lowest BCUT2D eigenvalue weighted by Crippen LogP contribution is -2.19. The third-order valence-corrected chi connectivity index (χ3v) is 7.04. The van der Waals surface area contributed by atoms with Gasteiger partial charge in [0.15, 0.2) is 0 Å². The molecule has 0 aromatic heterocycles. The summed E-state index contributed by atoms with van der Waals surface area (Å²) >= 11 is 0. The van der Waals surface area contributed by atoms with Crippen molar-refractivity contribution in [2.24, 2.45) is 0 Å². The van der Waals surface area contributed by atoms with Gasteiger partial charge in [-0.1, -0.05) is 24.3 Å². The van der Waals surface area contributed by atoms with Crippen molar-refractivity contribution < 1.29 is 23.8 Å². The quantitative estimate of drug-likeness (QED) is 0.599. The van der Waals surface area contributed by atoms with Crippen molar-refractivity contribution in [2.45, 2.75) is 40.5 Å². The summed E-state index contributed by atoms with van der Waals surface area (Å²) in [5.74, 6) is -0.247. The Balaban J connectivity index is 2.55. The smallest absolute Gasteiger partial charge is 0.300 e. The van der Waals surface area contributed by atoms with E-state index in [9.17, 15) is 14.2 Å². The molecule has 0 aliphatic carbocycles. The Hall–Kier alpha value is -2.27. The van der Waals surface area contributed by atoms with E-state index in [1.807, 2.05) is 6.92 Å². The van der Waals surface area contributed by atoms with Gasteiger partial charge in [0, 0.05) is 29.6 Å². The zero-order chi connectivity index (χ0) is 21.6. The van der Waals surface area contributed by atoms with Crippen molar-refractivity contribution in [3.8, 4) is 0 Å². The Morgan fingerprint density at radius 1 is 1.10 bits per heavy atom. The molecule has 0 saturated carbocycles. The highest BCUT2D eigenvalue weighted by Gasteiger charge is 2.38. The number of rotatable bonds is 9. The first-order chi connectivity index (χ1) is 13.8. The van der Waals surface area contributed by atoms with Gasteiger partial charge < -0.3 is 14.9 Å². The molecule has 2 N–H and O–H groups in total. The first-order valence-electron chi connectivity index (χ1n) is 9.62. The molecule has 29 heavy (non-hydrogen) atoms. The van der Waals surface area contributed by atoms with Crippen molar-refractivity contribution >= 4 is 29.8 Å². The number of aliphatic hydroxyl groups excluding tert-OH is 1. The predicted molar refractivity (Wildman–Crippen MR) is 115 cm³/mol. The summed E-state index contributed by atoms with van der Waals surface area (Å²) in [6.07, 6.45) is 0.531. The zero-order valence-electron chi connectivity index (χ0n) is 17.3. The molecule has 0 saturated heterocycles. The average Bonchev–Trinajstić information content (AvgIpc) is 2.70. The summed E-state index contributed by atoms with van der Waals surface area (Å²) in [6, 6.07) is 10.3. The maximum Gasteiger partial charge on any atom is 0.300 e. The Bertz CT molecular complexity index is 940. The zero-order valence-corrected chi connectivity index (χ0v) is 18.2. The van der Waals surface area contributed by atoms with Crippen LogP contribution in [0.15, 0.2) is 36.4 Å². The molecular formula is C22H28NO5P. The molecule has 7 heteroatoms. The summed E-state index contributed by atoms with van der Waals surface area (Å²) in [6.45, 7) is 7.12. The number of aliphatic hydroxyl groups is 1. The van der Waals surface area contributed by atoms with E-state index in [-0.39, 0.29) is 25.5 Å². The van der Waals surface area contributed by atoms with Gasteiger partial charge in [-0.25, -0.2) is 0 Å². The Labute approximate surface area is 171 Å². The number of hydrogen-bond acceptors (Lipinski definition) is 5. The summed E-state index contributed by atoms with van der Waals surface area (Å²) in [7, 11) is -3.81. The first kappa shape index (κ1) is 23.0. The molecule has 0 spiro atoms. The highest BCUT2D eigenvalue weighted by Crippen LogP contribution is 2.50. The molecule has 1 amide bonds. The Morgan fingerprint density at radius 2 is 1.76 bits per heavy atom. The van der Waals surface area contributed by atoms with Crippen LogP contribution in [-0.4, -0.2) is 29.8 Å². The van der Waals surface area contributed by atoms with E-state index in [1.54, 1.807) is 57.2 Å². The number of hydrogen-bond donors (Lipinski definition) is 2. The fourth-order valence-corrected chi connectivity index (χ4v) is 5.42. The number of benzene rings is 2. The Morgan fingerprint density at radius 3 is 2.34 bits per heavy atom. The third-order valence-electron chi connectivity index (χ3n) is 4.69. The van der Waals surface area contributed by atoms with Gasteiger partial charge in [0.2, 0.25) is 5.91 Å². The summed E-state index contributed by atoms with van der Waals surface area (Å²) in [5.41, 5.74) is 2.29. The van der Waals surface area contributed by atoms with Gasteiger partial charge in [-0.2, -0.15) is 0 Å². The normalized spacial score (nSPS) is 13.0. The highest BCUT2D eigenvalue weighted by molar-refractivity contribution is 7.83. The largest absolute Gasteiger partial charge is 0.396 e. The summed E-state index contributed by atoms with van der Waals surface area (Å²) in [5, 5.41) is 12.1. The maximum atomic E-state index is 13.7. The second-order valence-electron chi connectivity index (χ2n) is 6.87. The summed E-state index contributed by atoms with van der Waals surface area (Å²) < 4.78 is 19.2. The van der Waals surface area contributed by atoms with Gasteiger partial charge >= 0.3 is 7.37 Å². The molecule has 0 fully saturated rings. The molecular weight excluding hydrogens is 389 g/mol. The van der Waals surface area contributed by atoms with E-state index >= 15 is 0 Å². The van der Waals surface area contributed by atoms with Crippen molar-refractivity contribution in [3.05, 3.63) is 58.7 Å². The molecule has 6 nitrogen and oxygen atoms in total. The van der Waals surface area contributed by atoms with Crippen LogP contribution in [0.5, 0.6) is 0 Å². The topological polar surface area (TPSA) is 92.7 Å². The minimum atomic E-state index is -3.81. The highest BCUT2D eigenvalue weighted by atomic mass is 31.2. The molecule has 0 aliphatic rings. The number of aryl methyl sites for hydroxylation is 2. The Kier molecular flexibility index (Phi) is 7.91. The van der Waals surface area contributed by atoms with E-state index in [0.29, 0.717) is 34.1 Å². The SMILES string of the molecule is CCOP(=O)(C(=O)c1c(C)cc(C)c(NC(=O)CCCO)c1C)c1ccccc1. The lowest BCUT2D eigenvalue weighted by atomic mass is 9.98. The van der Waals surface area contributed by atoms with Crippen LogP contribution in [0.25, 0.3) is 0 Å². The first-order valence-corrected chi connectivity index (χ1v) is 11.2. The van der Waals surface area contributed by atoms with Gasteiger partial charge in [0.1, 0.15) is 0 Å². The monoisotopic (exact) mass is 417 g/mol. The van der Waals surface area contributed by atoms with Gasteiger partial charge in [-0.3, -0.25) is 14.2 Å². The van der Waals surface area contributed by atoms with Gasteiger partial charge in [0.05, 0.1) is 6.61 Å². The standard InChI is InChI=1S/C22H28NO5P/c1-5-28-29(27,18-10-7-6-8-11-18)22(26)20-15(2)14-16(3)21(17(20)4)23-19(25)12-9-13-24/h6-8,10-11,14,24H,5,9,12-13H2,1-4H3,(H,23,25). The van der Waals surface area contributed by atoms with E-state index in [2.05, 4.69) is 5.32 Å². The maximum absolute atomic E-state index is 13.7. The van der Waals surface area contributed by atoms with Crippen molar-refractivity contribution in [3.63, 3.8) is 0 Å². The average molecular weight is 417 g/mol. The number of amides is 1. The van der Waals surface area contributed by atoms with Gasteiger partial charge in [0.25, 0.3) is 5.52 Å². The molecule has 2 aromatic carbocycles. The van der Waals surface area contributed by atoms with Crippen LogP contribution in [0.3, 0.4) is 0 Å². The van der Waals surface area contributed by atoms with Crippen LogP contribution in [0.4, 0.5) is 5.69 Å². The van der Waals surface area contributed by atoms with Crippen molar-refractivity contribution in [1.29, 1.82) is 0 Å². The second kappa shape index (κ2) is 9.97. The number of nitrogens with one attached hydrogen (secondary N) is 1. The number of anilines is 1. The lowest BCUT2D eigenvalue weighted by Gasteiger charge is -2.22. The molecule has 156 valence electrons. The van der Waals surface area contributed by atoms with E-state index in [1.165, 1.54) is 0 Å². The van der Waals surface area contributed by atoms with Crippen molar-refractivity contribution in [2.75, 3.05) is 18.5 Å². The van der Waals surface area contributed by atoms with Crippen LogP contribution >= 0.6 is 7.37 Å². The van der Waals surface area contributed by atoms with Gasteiger partial charge in [-0.05, 0) is 62.9 Å². The van der Waals surface area contributed by atoms with Crippen LogP contribution in [-0.2, 0) is 13.9 Å². The van der Waals surface area contributed by atoms with Crippen LogP contribution in [0.2, 0.25) is 0 Å². The van der Waals surface area contributed by atoms with Crippen LogP contribution in [0.1, 0.15) is 46.8 Å². The van der Waals surface area contributed by atoms with E-state index in [0.717, 1.165) is 5.56 Å². The predicted octanol–water partition coefficient (Wildman–Crippen LogP) is 4.10.